The zero-order valence-corrected chi connectivity index (χ0v) is 18.8. The Labute approximate surface area is 181 Å². The van der Waals surface area contributed by atoms with E-state index in [9.17, 15) is 9.59 Å². The third-order valence-electron chi connectivity index (χ3n) is 5.28. The number of furan rings is 1. The SMILES string of the molecule is Cc1cc2oc(=O)cc(COC(=O)c3oc4ccc(Br)cc4c3C)c2cc1C(C)C. The van der Waals surface area contributed by atoms with Gasteiger partial charge in [0.2, 0.25) is 5.76 Å². The first-order chi connectivity index (χ1) is 14.2. The van der Waals surface area contributed by atoms with Gasteiger partial charge >= 0.3 is 11.6 Å². The quantitative estimate of drug-likeness (QED) is 0.256. The molecule has 0 fully saturated rings. The van der Waals surface area contributed by atoms with Gasteiger partial charge in [-0.3, -0.25) is 0 Å². The van der Waals surface area contributed by atoms with Gasteiger partial charge in [-0.2, -0.15) is 0 Å². The fraction of sp³-hybridized carbons (Fsp3) is 0.250. The van der Waals surface area contributed by atoms with E-state index < -0.39 is 11.6 Å². The summed E-state index contributed by atoms with van der Waals surface area (Å²) in [6, 6.07) is 10.8. The molecule has 0 atom stereocenters. The van der Waals surface area contributed by atoms with Crippen LogP contribution in [0.1, 0.15) is 52.6 Å². The van der Waals surface area contributed by atoms with Crippen molar-refractivity contribution < 1.29 is 18.4 Å². The summed E-state index contributed by atoms with van der Waals surface area (Å²) in [6.45, 7) is 7.97. The van der Waals surface area contributed by atoms with E-state index in [4.69, 9.17) is 13.6 Å². The van der Waals surface area contributed by atoms with Crippen LogP contribution in [0.2, 0.25) is 0 Å². The average Bonchev–Trinajstić information content (AvgIpc) is 3.01. The normalized spacial score (nSPS) is 11.5. The van der Waals surface area contributed by atoms with E-state index in [0.29, 0.717) is 28.2 Å². The molecule has 0 saturated heterocycles. The Morgan fingerprint density at radius 3 is 2.53 bits per heavy atom. The molecule has 2 heterocycles. The van der Waals surface area contributed by atoms with Crippen molar-refractivity contribution in [1.29, 1.82) is 0 Å². The number of carbonyl (C=O) groups excluding carboxylic acids is 1. The summed E-state index contributed by atoms with van der Waals surface area (Å²) in [5.74, 6) is -0.0965. The highest BCUT2D eigenvalue weighted by molar-refractivity contribution is 9.10. The minimum atomic E-state index is -0.572. The van der Waals surface area contributed by atoms with Gasteiger partial charge in [-0.15, -0.1) is 0 Å². The van der Waals surface area contributed by atoms with Crippen LogP contribution in [0.3, 0.4) is 0 Å². The number of carbonyl (C=O) groups is 1. The fourth-order valence-electron chi connectivity index (χ4n) is 3.73. The van der Waals surface area contributed by atoms with E-state index in [1.807, 2.05) is 38.1 Å². The predicted molar refractivity (Wildman–Crippen MR) is 119 cm³/mol. The van der Waals surface area contributed by atoms with Gasteiger partial charge in [-0.05, 0) is 61.2 Å². The topological polar surface area (TPSA) is 69.7 Å². The van der Waals surface area contributed by atoms with Crippen molar-refractivity contribution in [3.8, 4) is 0 Å². The average molecular weight is 469 g/mol. The minimum Gasteiger partial charge on any atom is -0.455 e. The van der Waals surface area contributed by atoms with Crippen molar-refractivity contribution in [1.82, 2.24) is 0 Å². The number of ether oxygens (including phenoxy) is 1. The summed E-state index contributed by atoms with van der Waals surface area (Å²) < 4.78 is 17.5. The van der Waals surface area contributed by atoms with E-state index in [1.165, 1.54) is 6.07 Å². The molecule has 0 spiro atoms. The maximum atomic E-state index is 12.7. The first-order valence-electron chi connectivity index (χ1n) is 9.67. The number of fused-ring (bicyclic) bond motifs is 2. The van der Waals surface area contributed by atoms with Crippen LogP contribution < -0.4 is 5.63 Å². The van der Waals surface area contributed by atoms with Crippen LogP contribution >= 0.6 is 15.9 Å². The van der Waals surface area contributed by atoms with Crippen molar-refractivity contribution in [3.05, 3.63) is 79.3 Å². The van der Waals surface area contributed by atoms with Gasteiger partial charge in [0.05, 0.1) is 0 Å². The molecule has 2 aromatic carbocycles. The predicted octanol–water partition coefficient (Wildman–Crippen LogP) is 6.40. The third kappa shape index (κ3) is 3.67. The largest absolute Gasteiger partial charge is 0.455 e. The molecule has 30 heavy (non-hydrogen) atoms. The van der Waals surface area contributed by atoms with Crippen LogP contribution in [0.25, 0.3) is 21.9 Å². The lowest BCUT2D eigenvalue weighted by Crippen LogP contribution is -2.08. The molecule has 0 unspecified atom stereocenters. The Morgan fingerprint density at radius 1 is 1.03 bits per heavy atom. The van der Waals surface area contributed by atoms with Crippen LogP contribution in [0.4, 0.5) is 0 Å². The van der Waals surface area contributed by atoms with Crippen molar-refractivity contribution in [2.45, 2.75) is 40.2 Å². The zero-order chi connectivity index (χ0) is 21.6. The van der Waals surface area contributed by atoms with Crippen molar-refractivity contribution in [3.63, 3.8) is 0 Å². The second-order valence-electron chi connectivity index (χ2n) is 7.72. The number of benzene rings is 2. The summed E-state index contributed by atoms with van der Waals surface area (Å²) in [7, 11) is 0. The van der Waals surface area contributed by atoms with E-state index in [1.54, 1.807) is 6.07 Å². The lowest BCUT2D eigenvalue weighted by Gasteiger charge is -2.13. The summed E-state index contributed by atoms with van der Waals surface area (Å²) in [5, 5.41) is 1.61. The molecule has 0 N–H and O–H groups in total. The van der Waals surface area contributed by atoms with Gasteiger partial charge in [0.1, 0.15) is 17.8 Å². The van der Waals surface area contributed by atoms with Gasteiger partial charge in [-0.25, -0.2) is 9.59 Å². The molecular formula is C24H21BrO5. The van der Waals surface area contributed by atoms with Gasteiger partial charge < -0.3 is 13.6 Å². The molecule has 0 aliphatic rings. The van der Waals surface area contributed by atoms with Crippen LogP contribution in [-0.2, 0) is 11.3 Å². The molecule has 4 aromatic rings. The molecule has 0 aliphatic carbocycles. The summed E-state index contributed by atoms with van der Waals surface area (Å²) in [5.41, 5.74) is 4.15. The number of halogens is 1. The molecule has 0 amide bonds. The lowest BCUT2D eigenvalue weighted by molar-refractivity contribution is 0.0438. The Kier molecular flexibility index (Phi) is 5.28. The van der Waals surface area contributed by atoms with E-state index in [2.05, 4.69) is 29.8 Å². The Morgan fingerprint density at radius 2 is 1.80 bits per heavy atom. The summed E-state index contributed by atoms with van der Waals surface area (Å²) >= 11 is 3.43. The maximum Gasteiger partial charge on any atom is 0.374 e. The second-order valence-corrected chi connectivity index (χ2v) is 8.64. The van der Waals surface area contributed by atoms with Crippen LogP contribution in [-0.4, -0.2) is 5.97 Å². The number of rotatable bonds is 4. The standard InChI is InChI=1S/C24H21BrO5/c1-12(2)17-10-19-15(8-22(26)29-21(19)7-13(17)3)11-28-24(27)23-14(4)18-9-16(25)5-6-20(18)30-23/h5-10,12H,11H2,1-4H3. The van der Waals surface area contributed by atoms with Crippen LogP contribution in [0.5, 0.6) is 0 Å². The highest BCUT2D eigenvalue weighted by Crippen LogP contribution is 2.30. The molecule has 0 saturated carbocycles. The molecule has 0 radical (unpaired) electrons. The van der Waals surface area contributed by atoms with Gasteiger partial charge in [-0.1, -0.05) is 29.8 Å². The molecule has 154 valence electrons. The molecule has 4 rings (SSSR count). The highest BCUT2D eigenvalue weighted by Gasteiger charge is 2.20. The van der Waals surface area contributed by atoms with Crippen molar-refractivity contribution >= 4 is 43.8 Å². The first kappa shape index (κ1) is 20.4. The Hall–Kier alpha value is -2.86. The maximum absolute atomic E-state index is 12.7. The number of aryl methyl sites for hydroxylation is 2. The zero-order valence-electron chi connectivity index (χ0n) is 17.2. The minimum absolute atomic E-state index is 0.0539. The summed E-state index contributed by atoms with van der Waals surface area (Å²) in [6.07, 6.45) is 0. The fourth-order valence-corrected chi connectivity index (χ4v) is 4.09. The van der Waals surface area contributed by atoms with Gasteiger partial charge in [0, 0.05) is 32.4 Å². The number of esters is 1. The molecular weight excluding hydrogens is 448 g/mol. The monoisotopic (exact) mass is 468 g/mol. The summed E-state index contributed by atoms with van der Waals surface area (Å²) in [4.78, 5) is 24.7. The van der Waals surface area contributed by atoms with Gasteiger partial charge in [0.15, 0.2) is 0 Å². The van der Waals surface area contributed by atoms with E-state index in [0.717, 1.165) is 26.4 Å². The lowest BCUT2D eigenvalue weighted by atomic mass is 9.95. The smallest absolute Gasteiger partial charge is 0.374 e. The number of hydrogen-bond acceptors (Lipinski definition) is 5. The molecule has 0 aliphatic heterocycles. The van der Waals surface area contributed by atoms with E-state index >= 15 is 0 Å². The van der Waals surface area contributed by atoms with Crippen molar-refractivity contribution in [2.24, 2.45) is 0 Å². The van der Waals surface area contributed by atoms with Gasteiger partial charge in [0.25, 0.3) is 0 Å². The third-order valence-corrected chi connectivity index (χ3v) is 5.77. The van der Waals surface area contributed by atoms with Crippen LogP contribution in [0.15, 0.2) is 54.5 Å². The molecule has 6 heteroatoms. The Balaban J connectivity index is 1.68. The molecule has 5 nitrogen and oxygen atoms in total. The number of hydrogen-bond donors (Lipinski definition) is 0. The molecule has 0 bridgehead atoms. The second kappa shape index (κ2) is 7.76. The van der Waals surface area contributed by atoms with Crippen molar-refractivity contribution in [2.75, 3.05) is 0 Å². The molecule has 2 aromatic heterocycles. The first-order valence-corrected chi connectivity index (χ1v) is 10.5. The highest BCUT2D eigenvalue weighted by atomic mass is 79.9. The van der Waals surface area contributed by atoms with E-state index in [-0.39, 0.29) is 12.4 Å². The Bertz CT molecular complexity index is 1340. The van der Waals surface area contributed by atoms with Crippen LogP contribution in [0, 0.1) is 13.8 Å².